The van der Waals surface area contributed by atoms with Gasteiger partial charge in [-0.2, -0.15) is 0 Å². The molecule has 0 spiro atoms. The minimum atomic E-state index is -0.494. The van der Waals surface area contributed by atoms with Crippen molar-refractivity contribution in [3.05, 3.63) is 50.4 Å². The van der Waals surface area contributed by atoms with E-state index in [4.69, 9.17) is 4.74 Å². The molecule has 0 unspecified atom stereocenters. The summed E-state index contributed by atoms with van der Waals surface area (Å²) in [7, 11) is 1.29. The van der Waals surface area contributed by atoms with Gasteiger partial charge in [-0.15, -0.1) is 5.10 Å². The van der Waals surface area contributed by atoms with E-state index in [1.54, 1.807) is 10.6 Å². The van der Waals surface area contributed by atoms with Gasteiger partial charge < -0.3 is 9.72 Å². The average molecular weight is 389 g/mol. The van der Waals surface area contributed by atoms with Gasteiger partial charge in [-0.25, -0.2) is 19.7 Å². The number of nitrogens with one attached hydrogen (secondary N) is 2. The van der Waals surface area contributed by atoms with Crippen molar-refractivity contribution in [1.29, 1.82) is 0 Å². The number of nitrogens with zero attached hydrogens (tertiary/aromatic N) is 3. The molecule has 0 aliphatic carbocycles. The number of fused-ring (bicyclic) bond motifs is 1. The second-order valence-electron chi connectivity index (χ2n) is 5.84. The number of carbonyl (C=O) groups excluding carboxylic acids is 1. The number of aromatic nitrogens is 5. The van der Waals surface area contributed by atoms with Crippen molar-refractivity contribution in [3.8, 4) is 0 Å². The number of esters is 1. The molecule has 0 fully saturated rings. The van der Waals surface area contributed by atoms with Crippen LogP contribution in [0, 0.1) is 0 Å². The highest BCUT2D eigenvalue weighted by molar-refractivity contribution is 7.98. The van der Waals surface area contributed by atoms with Crippen LogP contribution in [-0.4, -0.2) is 37.8 Å². The van der Waals surface area contributed by atoms with E-state index in [0.717, 1.165) is 12.8 Å². The van der Waals surface area contributed by atoms with Crippen LogP contribution in [0.2, 0.25) is 0 Å². The minimum absolute atomic E-state index is 0.256. The van der Waals surface area contributed by atoms with Crippen LogP contribution in [0.5, 0.6) is 0 Å². The highest BCUT2D eigenvalue weighted by Gasteiger charge is 2.12. The number of H-pyrrole nitrogens is 2. The quantitative estimate of drug-likeness (QED) is 0.465. The number of unbranched alkanes of at least 4 members (excludes halogenated alkanes) is 1. The Balaban J connectivity index is 1.86. The lowest BCUT2D eigenvalue weighted by molar-refractivity contribution is 0.0601. The van der Waals surface area contributed by atoms with Crippen LogP contribution < -0.4 is 11.2 Å². The second-order valence-corrected chi connectivity index (χ2v) is 6.78. The molecule has 142 valence electrons. The molecule has 3 aromatic rings. The number of ether oxygens (including phenoxy) is 1. The smallest absolute Gasteiger partial charge is 0.343 e. The monoisotopic (exact) mass is 389 g/mol. The highest BCUT2D eigenvalue weighted by Crippen LogP contribution is 2.19. The Morgan fingerprint density at radius 1 is 1.33 bits per heavy atom. The Morgan fingerprint density at radius 2 is 2.15 bits per heavy atom. The lowest BCUT2D eigenvalue weighted by atomic mass is 10.1. The molecule has 0 aliphatic heterocycles. The maximum Gasteiger partial charge on any atom is 0.343 e. The minimum Gasteiger partial charge on any atom is -0.465 e. The molecule has 0 bridgehead atoms. The van der Waals surface area contributed by atoms with Crippen molar-refractivity contribution in [2.24, 2.45) is 0 Å². The third-order valence-electron chi connectivity index (χ3n) is 3.97. The van der Waals surface area contributed by atoms with Crippen molar-refractivity contribution < 1.29 is 9.53 Å². The predicted molar refractivity (Wildman–Crippen MR) is 101 cm³/mol. The summed E-state index contributed by atoms with van der Waals surface area (Å²) >= 11 is 1.30. The van der Waals surface area contributed by atoms with E-state index in [0.29, 0.717) is 39.7 Å². The van der Waals surface area contributed by atoms with E-state index in [9.17, 15) is 14.4 Å². The van der Waals surface area contributed by atoms with Gasteiger partial charge in [0, 0.05) is 6.54 Å². The molecule has 2 aromatic heterocycles. The van der Waals surface area contributed by atoms with Crippen molar-refractivity contribution in [2.45, 2.75) is 37.2 Å². The summed E-state index contributed by atoms with van der Waals surface area (Å²) in [5.74, 6) is 0.257. The first-order valence-electron chi connectivity index (χ1n) is 8.42. The predicted octanol–water partition coefficient (Wildman–Crippen LogP) is 1.69. The van der Waals surface area contributed by atoms with Crippen LogP contribution in [0.1, 0.15) is 35.9 Å². The van der Waals surface area contributed by atoms with Crippen LogP contribution in [0.3, 0.4) is 0 Å². The number of thioether (sulfide) groups is 1. The van der Waals surface area contributed by atoms with E-state index >= 15 is 0 Å². The highest BCUT2D eigenvalue weighted by atomic mass is 32.2. The Hall–Kier alpha value is -2.88. The van der Waals surface area contributed by atoms with Crippen LogP contribution in [-0.2, 0) is 17.0 Å². The number of aromatic amines is 2. The summed E-state index contributed by atoms with van der Waals surface area (Å²) in [6.07, 6.45) is 1.83. The van der Waals surface area contributed by atoms with Gasteiger partial charge in [-0.1, -0.05) is 25.1 Å². The molecule has 0 amide bonds. The van der Waals surface area contributed by atoms with E-state index in [-0.39, 0.29) is 11.2 Å². The van der Waals surface area contributed by atoms with Crippen LogP contribution in [0.15, 0.2) is 32.9 Å². The summed E-state index contributed by atoms with van der Waals surface area (Å²) in [5, 5.41) is 7.39. The normalized spacial score (nSPS) is 11.0. The first-order valence-corrected chi connectivity index (χ1v) is 9.41. The molecule has 0 radical (unpaired) electrons. The third kappa shape index (κ3) is 4.11. The Labute approximate surface area is 158 Å². The number of rotatable bonds is 7. The van der Waals surface area contributed by atoms with Crippen molar-refractivity contribution in [1.82, 2.24) is 24.7 Å². The fraction of sp³-hybridized carbons (Fsp3) is 0.353. The summed E-state index contributed by atoms with van der Waals surface area (Å²) in [6.45, 7) is 2.63. The molecule has 2 heterocycles. The Bertz CT molecular complexity index is 1080. The Morgan fingerprint density at radius 3 is 2.89 bits per heavy atom. The number of benzene rings is 1. The van der Waals surface area contributed by atoms with Gasteiger partial charge in [-0.05, 0) is 24.6 Å². The third-order valence-corrected chi connectivity index (χ3v) is 4.96. The number of carbonyl (C=O) groups is 1. The number of methoxy groups -OCH3 is 1. The maximum atomic E-state index is 12.3. The topological polar surface area (TPSA) is 123 Å². The molecule has 0 saturated carbocycles. The summed E-state index contributed by atoms with van der Waals surface area (Å²) in [5.41, 5.74) is 0.177. The number of hydrogen-bond donors (Lipinski definition) is 2. The van der Waals surface area contributed by atoms with Crippen LogP contribution in [0.4, 0.5) is 0 Å². The molecule has 10 heteroatoms. The molecule has 0 aliphatic rings. The molecule has 1 aromatic carbocycles. The SMILES string of the molecule is CCCCn1c(SCc2nc3cc(C(=O)OC)ccc3c(=O)[nH]2)n[nH]c1=O. The molecule has 3 rings (SSSR count). The van der Waals surface area contributed by atoms with E-state index in [1.165, 1.54) is 31.0 Å². The Kier molecular flexibility index (Phi) is 5.75. The number of hydrogen-bond acceptors (Lipinski definition) is 7. The largest absolute Gasteiger partial charge is 0.465 e. The summed E-state index contributed by atoms with van der Waals surface area (Å²) < 4.78 is 6.27. The maximum absolute atomic E-state index is 12.3. The zero-order chi connectivity index (χ0) is 19.4. The molecule has 0 atom stereocenters. The van der Waals surface area contributed by atoms with E-state index in [2.05, 4.69) is 20.2 Å². The van der Waals surface area contributed by atoms with Gasteiger partial charge in [0.15, 0.2) is 5.16 Å². The molecule has 2 N–H and O–H groups in total. The zero-order valence-electron chi connectivity index (χ0n) is 14.9. The molecular weight excluding hydrogens is 370 g/mol. The van der Waals surface area contributed by atoms with E-state index < -0.39 is 5.97 Å². The standard InChI is InChI=1S/C17H19N5O4S/c1-3-4-7-22-16(25)20-21-17(22)27-9-13-18-12-8-10(15(24)26-2)5-6-11(12)14(23)19-13/h5-6,8H,3-4,7,9H2,1-2H3,(H,20,25)(H,18,19,23). The molecule has 0 saturated heterocycles. The average Bonchev–Trinajstić information content (AvgIpc) is 3.03. The molecule has 27 heavy (non-hydrogen) atoms. The van der Waals surface area contributed by atoms with Gasteiger partial charge in [-0.3, -0.25) is 9.36 Å². The van der Waals surface area contributed by atoms with E-state index in [1.807, 2.05) is 6.92 Å². The molecular formula is C17H19N5O4S. The van der Waals surface area contributed by atoms with Crippen molar-refractivity contribution in [2.75, 3.05) is 7.11 Å². The zero-order valence-corrected chi connectivity index (χ0v) is 15.8. The van der Waals surface area contributed by atoms with Gasteiger partial charge in [0.25, 0.3) is 5.56 Å². The first kappa shape index (κ1) is 18.9. The molecule has 9 nitrogen and oxygen atoms in total. The first-order chi connectivity index (χ1) is 13.0. The van der Waals surface area contributed by atoms with Gasteiger partial charge in [0.1, 0.15) is 5.82 Å². The lowest BCUT2D eigenvalue weighted by Crippen LogP contribution is -2.17. The van der Waals surface area contributed by atoms with Crippen LogP contribution in [0.25, 0.3) is 10.9 Å². The van der Waals surface area contributed by atoms with Gasteiger partial charge in [0.05, 0.1) is 29.3 Å². The van der Waals surface area contributed by atoms with Crippen LogP contribution >= 0.6 is 11.8 Å². The second kappa shape index (κ2) is 8.21. The fourth-order valence-corrected chi connectivity index (χ4v) is 3.40. The summed E-state index contributed by atoms with van der Waals surface area (Å²) in [6, 6.07) is 4.59. The van der Waals surface area contributed by atoms with Gasteiger partial charge >= 0.3 is 11.7 Å². The van der Waals surface area contributed by atoms with Crippen molar-refractivity contribution in [3.63, 3.8) is 0 Å². The van der Waals surface area contributed by atoms with Crippen molar-refractivity contribution >= 4 is 28.6 Å². The lowest BCUT2D eigenvalue weighted by Gasteiger charge is -2.06. The van der Waals surface area contributed by atoms with Gasteiger partial charge in [0.2, 0.25) is 0 Å². The fourth-order valence-electron chi connectivity index (χ4n) is 2.56. The summed E-state index contributed by atoms with van der Waals surface area (Å²) in [4.78, 5) is 42.9.